The highest BCUT2D eigenvalue weighted by molar-refractivity contribution is 6.30. The summed E-state index contributed by atoms with van der Waals surface area (Å²) in [5.41, 5.74) is 3.88. The maximum absolute atomic E-state index is 5.93. The highest BCUT2D eigenvalue weighted by Crippen LogP contribution is 2.32. The lowest BCUT2D eigenvalue weighted by Gasteiger charge is -2.09. The highest BCUT2D eigenvalue weighted by atomic mass is 35.5. The third-order valence-corrected chi connectivity index (χ3v) is 5.39. The number of aromatic nitrogens is 5. The minimum absolute atomic E-state index is 0.469. The Hall–Kier alpha value is -2.73. The second-order valence-corrected chi connectivity index (χ2v) is 7.43. The van der Waals surface area contributed by atoms with Crippen LogP contribution in [-0.2, 0) is 6.42 Å². The first-order chi connectivity index (χ1) is 13.3. The Morgan fingerprint density at radius 1 is 1.07 bits per heavy atom. The molecule has 6 nitrogen and oxygen atoms in total. The van der Waals surface area contributed by atoms with Crippen molar-refractivity contribution < 1.29 is 4.52 Å². The first-order valence-corrected chi connectivity index (χ1v) is 9.56. The fraction of sp³-hybridized carbons (Fsp3) is 0.300. The topological polar surface area (TPSA) is 69.6 Å². The van der Waals surface area contributed by atoms with Crippen molar-refractivity contribution in [3.05, 3.63) is 58.9 Å². The van der Waals surface area contributed by atoms with Crippen molar-refractivity contribution in [3.63, 3.8) is 0 Å². The highest BCUT2D eigenvalue weighted by Gasteiger charge is 2.20. The summed E-state index contributed by atoms with van der Waals surface area (Å²) in [6, 6.07) is 14.1. The maximum Gasteiger partial charge on any atom is 0.231 e. The monoisotopic (exact) mass is 379 g/mol. The average molecular weight is 380 g/mol. The molecule has 0 N–H and O–H groups in total. The van der Waals surface area contributed by atoms with Crippen LogP contribution in [0.15, 0.2) is 47.0 Å². The SMILES string of the molecule is Clc1ccc(Cc2nc(-c3ccc4c(c3)nnn4C3CCCC3)no2)cc1. The van der Waals surface area contributed by atoms with Gasteiger partial charge in [-0.15, -0.1) is 5.10 Å². The van der Waals surface area contributed by atoms with Crippen molar-refractivity contribution in [2.75, 3.05) is 0 Å². The van der Waals surface area contributed by atoms with Crippen LogP contribution in [0.25, 0.3) is 22.4 Å². The molecule has 27 heavy (non-hydrogen) atoms. The van der Waals surface area contributed by atoms with Crippen LogP contribution in [0.4, 0.5) is 0 Å². The van der Waals surface area contributed by atoms with Gasteiger partial charge in [0, 0.05) is 10.6 Å². The minimum Gasteiger partial charge on any atom is -0.339 e. The van der Waals surface area contributed by atoms with Crippen molar-refractivity contribution in [2.24, 2.45) is 0 Å². The number of hydrogen-bond acceptors (Lipinski definition) is 5. The van der Waals surface area contributed by atoms with Gasteiger partial charge in [0.1, 0.15) is 5.52 Å². The van der Waals surface area contributed by atoms with E-state index in [-0.39, 0.29) is 0 Å². The first kappa shape index (κ1) is 16.4. The van der Waals surface area contributed by atoms with E-state index in [2.05, 4.69) is 31.2 Å². The summed E-state index contributed by atoms with van der Waals surface area (Å²) in [4.78, 5) is 4.52. The van der Waals surface area contributed by atoms with Crippen LogP contribution in [0.5, 0.6) is 0 Å². The second-order valence-electron chi connectivity index (χ2n) is 6.99. The van der Waals surface area contributed by atoms with Crippen LogP contribution >= 0.6 is 11.6 Å². The van der Waals surface area contributed by atoms with Crippen molar-refractivity contribution in [2.45, 2.75) is 38.1 Å². The molecule has 0 aliphatic heterocycles. The lowest BCUT2D eigenvalue weighted by atomic mass is 10.1. The molecule has 0 spiro atoms. The van der Waals surface area contributed by atoms with Crippen molar-refractivity contribution >= 4 is 22.6 Å². The van der Waals surface area contributed by atoms with Gasteiger partial charge in [0.05, 0.1) is 18.0 Å². The molecular formula is C20H18ClN5O. The molecule has 0 radical (unpaired) electrons. The molecule has 2 aromatic heterocycles. The van der Waals surface area contributed by atoms with Gasteiger partial charge in [-0.1, -0.05) is 46.9 Å². The standard InChI is InChI=1S/C20H18ClN5O/c21-15-8-5-13(6-9-15)11-19-22-20(24-27-19)14-7-10-18-17(12-14)23-25-26(18)16-3-1-2-4-16/h5-10,12,16H,1-4,11H2. The molecule has 4 aromatic rings. The molecule has 5 rings (SSSR count). The number of benzene rings is 2. The van der Waals surface area contributed by atoms with Gasteiger partial charge >= 0.3 is 0 Å². The predicted molar refractivity (Wildman–Crippen MR) is 103 cm³/mol. The fourth-order valence-corrected chi connectivity index (χ4v) is 3.85. The summed E-state index contributed by atoms with van der Waals surface area (Å²) in [7, 11) is 0. The summed E-state index contributed by atoms with van der Waals surface area (Å²) >= 11 is 5.93. The maximum atomic E-state index is 5.93. The average Bonchev–Trinajstić information content (AvgIpc) is 3.43. The summed E-state index contributed by atoms with van der Waals surface area (Å²) < 4.78 is 7.48. The third kappa shape index (κ3) is 3.21. The van der Waals surface area contributed by atoms with Crippen molar-refractivity contribution in [1.82, 2.24) is 25.1 Å². The molecule has 0 amide bonds. The van der Waals surface area contributed by atoms with Gasteiger partial charge in [0.25, 0.3) is 0 Å². The molecule has 0 unspecified atom stereocenters. The molecule has 0 bridgehead atoms. The van der Waals surface area contributed by atoms with E-state index < -0.39 is 0 Å². The van der Waals surface area contributed by atoms with Gasteiger partial charge in [-0.2, -0.15) is 4.98 Å². The summed E-state index contributed by atoms with van der Waals surface area (Å²) in [6.07, 6.45) is 5.47. The Kier molecular flexibility index (Phi) is 4.13. The van der Waals surface area contributed by atoms with Crippen LogP contribution in [0.2, 0.25) is 5.02 Å². The van der Waals surface area contributed by atoms with Gasteiger partial charge < -0.3 is 4.52 Å². The van der Waals surface area contributed by atoms with E-state index in [1.807, 2.05) is 36.4 Å². The molecule has 7 heteroatoms. The molecule has 2 heterocycles. The van der Waals surface area contributed by atoms with E-state index in [0.717, 1.165) is 22.2 Å². The predicted octanol–water partition coefficient (Wildman–Crippen LogP) is 4.84. The van der Waals surface area contributed by atoms with Gasteiger partial charge in [-0.25, -0.2) is 4.68 Å². The van der Waals surface area contributed by atoms with Crippen LogP contribution in [0.3, 0.4) is 0 Å². The van der Waals surface area contributed by atoms with E-state index in [1.165, 1.54) is 25.7 Å². The fourth-order valence-electron chi connectivity index (χ4n) is 3.72. The Labute approximate surface area is 161 Å². The van der Waals surface area contributed by atoms with E-state index in [9.17, 15) is 0 Å². The number of nitrogens with zero attached hydrogens (tertiary/aromatic N) is 5. The van der Waals surface area contributed by atoms with Crippen LogP contribution in [0, 0.1) is 0 Å². The smallest absolute Gasteiger partial charge is 0.231 e. The normalized spacial score (nSPS) is 15.0. The van der Waals surface area contributed by atoms with Gasteiger partial charge in [0.2, 0.25) is 11.7 Å². The van der Waals surface area contributed by atoms with E-state index in [1.54, 1.807) is 0 Å². The van der Waals surface area contributed by atoms with E-state index in [4.69, 9.17) is 16.1 Å². The first-order valence-electron chi connectivity index (χ1n) is 9.18. The van der Waals surface area contributed by atoms with Gasteiger partial charge in [0.15, 0.2) is 0 Å². The lowest BCUT2D eigenvalue weighted by Crippen LogP contribution is -2.06. The third-order valence-electron chi connectivity index (χ3n) is 5.14. The zero-order chi connectivity index (χ0) is 18.2. The molecule has 1 aliphatic rings. The quantitative estimate of drug-likeness (QED) is 0.507. The largest absolute Gasteiger partial charge is 0.339 e. The van der Waals surface area contributed by atoms with Gasteiger partial charge in [-0.3, -0.25) is 0 Å². The number of fused-ring (bicyclic) bond motifs is 1. The lowest BCUT2D eigenvalue weighted by molar-refractivity contribution is 0.385. The van der Waals surface area contributed by atoms with Crippen molar-refractivity contribution in [1.29, 1.82) is 0 Å². The molecule has 1 aliphatic carbocycles. The molecule has 1 fully saturated rings. The number of rotatable bonds is 4. The number of hydrogen-bond donors (Lipinski definition) is 0. The minimum atomic E-state index is 0.469. The molecule has 0 saturated heterocycles. The molecule has 1 saturated carbocycles. The van der Waals surface area contributed by atoms with E-state index >= 15 is 0 Å². The number of halogens is 1. The summed E-state index contributed by atoms with van der Waals surface area (Å²) in [5, 5.41) is 13.6. The van der Waals surface area contributed by atoms with E-state index in [0.29, 0.717) is 29.2 Å². The van der Waals surface area contributed by atoms with Gasteiger partial charge in [-0.05, 0) is 48.7 Å². The molecular weight excluding hydrogens is 362 g/mol. The Balaban J connectivity index is 1.40. The zero-order valence-electron chi connectivity index (χ0n) is 14.7. The Bertz CT molecular complexity index is 1080. The second kappa shape index (κ2) is 6.78. The molecule has 136 valence electrons. The summed E-state index contributed by atoms with van der Waals surface area (Å²) in [6.45, 7) is 0. The van der Waals surface area contributed by atoms with Crippen LogP contribution in [-0.4, -0.2) is 25.1 Å². The summed E-state index contributed by atoms with van der Waals surface area (Å²) in [5.74, 6) is 1.14. The molecule has 2 aromatic carbocycles. The zero-order valence-corrected chi connectivity index (χ0v) is 15.4. The Morgan fingerprint density at radius 3 is 2.70 bits per heavy atom. The van der Waals surface area contributed by atoms with Crippen LogP contribution in [0.1, 0.15) is 43.2 Å². The van der Waals surface area contributed by atoms with Crippen LogP contribution < -0.4 is 0 Å². The molecule has 0 atom stereocenters. The Morgan fingerprint density at radius 2 is 1.89 bits per heavy atom. The van der Waals surface area contributed by atoms with Crippen molar-refractivity contribution in [3.8, 4) is 11.4 Å².